The number of ether oxygens (including phenoxy) is 4. The molecule has 0 aromatic heterocycles. The molecule has 8 nitrogen and oxygen atoms in total. The van der Waals surface area contributed by atoms with Gasteiger partial charge in [0.15, 0.2) is 23.0 Å². The zero-order chi connectivity index (χ0) is 28.4. The normalized spacial score (nSPS) is 11.3. The van der Waals surface area contributed by atoms with Gasteiger partial charge in [-0.15, -0.1) is 0 Å². The number of rotatable bonds is 13. The van der Waals surface area contributed by atoms with Crippen molar-refractivity contribution in [2.24, 2.45) is 0 Å². The summed E-state index contributed by atoms with van der Waals surface area (Å²) in [6.45, 7) is 2.39. The second-order valence-corrected chi connectivity index (χ2v) is 9.36. The molecule has 0 aliphatic heterocycles. The molecule has 0 fully saturated rings. The minimum Gasteiger partial charge on any atom is -0.493 e. The molecule has 0 saturated carbocycles. The second kappa shape index (κ2) is 14.3. The van der Waals surface area contributed by atoms with E-state index in [9.17, 15) is 9.59 Å². The molecule has 3 rings (SSSR count). The van der Waals surface area contributed by atoms with Crippen LogP contribution in [0.3, 0.4) is 0 Å². The minimum absolute atomic E-state index is 0.0945. The molecule has 1 atom stereocenters. The number of nitrogens with zero attached hydrogens (tertiary/aromatic N) is 1. The van der Waals surface area contributed by atoms with Crippen molar-refractivity contribution in [1.82, 2.24) is 10.2 Å². The van der Waals surface area contributed by atoms with Crippen LogP contribution in [0.4, 0.5) is 0 Å². The summed E-state index contributed by atoms with van der Waals surface area (Å²) in [6, 6.07) is 17.5. The summed E-state index contributed by atoms with van der Waals surface area (Å²) < 4.78 is 21.3. The number of hydrogen-bond donors (Lipinski definition) is 1. The summed E-state index contributed by atoms with van der Waals surface area (Å²) in [6.07, 6.45) is 0.687. The molecular weight excluding hydrogens is 520 g/mol. The first-order chi connectivity index (χ1) is 18.8. The molecule has 0 spiro atoms. The fourth-order valence-electron chi connectivity index (χ4n) is 4.15. The summed E-state index contributed by atoms with van der Waals surface area (Å²) >= 11 is 6.05. The Morgan fingerprint density at radius 3 is 1.85 bits per heavy atom. The van der Waals surface area contributed by atoms with Crippen LogP contribution < -0.4 is 24.3 Å². The molecule has 0 bridgehead atoms. The molecule has 3 aromatic rings. The smallest absolute Gasteiger partial charge is 0.242 e. The maximum absolute atomic E-state index is 13.5. The van der Waals surface area contributed by atoms with E-state index in [0.29, 0.717) is 41.0 Å². The van der Waals surface area contributed by atoms with E-state index in [1.807, 2.05) is 36.4 Å². The summed E-state index contributed by atoms with van der Waals surface area (Å²) in [5.41, 5.74) is 2.60. The summed E-state index contributed by atoms with van der Waals surface area (Å²) in [4.78, 5) is 28.3. The van der Waals surface area contributed by atoms with Gasteiger partial charge in [-0.3, -0.25) is 9.59 Å². The molecule has 9 heteroatoms. The van der Waals surface area contributed by atoms with Gasteiger partial charge in [-0.2, -0.15) is 0 Å². The summed E-state index contributed by atoms with van der Waals surface area (Å²) in [5, 5.41) is 3.56. The van der Waals surface area contributed by atoms with Crippen LogP contribution in [0.1, 0.15) is 23.6 Å². The molecule has 208 valence electrons. The van der Waals surface area contributed by atoms with Crippen LogP contribution in [0.2, 0.25) is 5.02 Å². The number of carbonyl (C=O) groups is 2. The van der Waals surface area contributed by atoms with Crippen LogP contribution in [-0.2, 0) is 29.0 Å². The molecule has 0 radical (unpaired) electrons. The van der Waals surface area contributed by atoms with Gasteiger partial charge in [0, 0.05) is 18.1 Å². The third-order valence-electron chi connectivity index (χ3n) is 6.40. The van der Waals surface area contributed by atoms with Crippen LogP contribution in [0.15, 0.2) is 60.7 Å². The van der Waals surface area contributed by atoms with E-state index in [1.165, 1.54) is 0 Å². The SMILES string of the molecule is COc1ccc(CCNC(=O)C(C)N(Cc2ccc(Cl)cc2)C(=O)Cc2ccc(OC)c(OC)c2)cc1OC. The van der Waals surface area contributed by atoms with Crippen molar-refractivity contribution >= 4 is 23.4 Å². The van der Waals surface area contributed by atoms with Crippen molar-refractivity contribution in [2.75, 3.05) is 35.0 Å². The second-order valence-electron chi connectivity index (χ2n) is 8.92. The predicted octanol–water partition coefficient (Wildman–Crippen LogP) is 4.69. The van der Waals surface area contributed by atoms with Gasteiger partial charge in [0.05, 0.1) is 34.9 Å². The third kappa shape index (κ3) is 8.04. The quantitative estimate of drug-likeness (QED) is 0.330. The largest absolute Gasteiger partial charge is 0.493 e. The first kappa shape index (κ1) is 29.6. The van der Waals surface area contributed by atoms with E-state index in [1.54, 1.807) is 64.5 Å². The predicted molar refractivity (Wildman–Crippen MR) is 151 cm³/mol. The number of hydrogen-bond acceptors (Lipinski definition) is 6. The highest BCUT2D eigenvalue weighted by Crippen LogP contribution is 2.29. The fraction of sp³-hybridized carbons (Fsp3) is 0.333. The van der Waals surface area contributed by atoms with Crippen molar-refractivity contribution in [2.45, 2.75) is 32.4 Å². The van der Waals surface area contributed by atoms with Gasteiger partial charge in [0.25, 0.3) is 0 Å². The van der Waals surface area contributed by atoms with E-state index >= 15 is 0 Å². The van der Waals surface area contributed by atoms with Crippen LogP contribution in [0, 0.1) is 0 Å². The molecule has 0 heterocycles. The third-order valence-corrected chi connectivity index (χ3v) is 6.65. The Labute approximate surface area is 234 Å². The van der Waals surface area contributed by atoms with Crippen molar-refractivity contribution in [3.63, 3.8) is 0 Å². The molecule has 39 heavy (non-hydrogen) atoms. The Balaban J connectivity index is 1.72. The Morgan fingerprint density at radius 1 is 0.769 bits per heavy atom. The van der Waals surface area contributed by atoms with Crippen molar-refractivity contribution in [1.29, 1.82) is 0 Å². The lowest BCUT2D eigenvalue weighted by atomic mass is 10.1. The number of nitrogens with one attached hydrogen (secondary N) is 1. The first-order valence-corrected chi connectivity index (χ1v) is 12.9. The Hall–Kier alpha value is -3.91. The van der Waals surface area contributed by atoms with E-state index < -0.39 is 6.04 Å². The first-order valence-electron chi connectivity index (χ1n) is 12.5. The monoisotopic (exact) mass is 554 g/mol. The Bertz CT molecular complexity index is 1260. The van der Waals surface area contributed by atoms with Gasteiger partial charge in [-0.25, -0.2) is 0 Å². The molecule has 0 aliphatic rings. The Kier molecular flexibility index (Phi) is 10.9. The van der Waals surface area contributed by atoms with E-state index in [-0.39, 0.29) is 24.8 Å². The number of amides is 2. The molecule has 2 amide bonds. The maximum atomic E-state index is 13.5. The highest BCUT2D eigenvalue weighted by molar-refractivity contribution is 6.30. The van der Waals surface area contributed by atoms with E-state index in [0.717, 1.165) is 16.7 Å². The van der Waals surface area contributed by atoms with Gasteiger partial charge < -0.3 is 29.2 Å². The number of methoxy groups -OCH3 is 4. The van der Waals surface area contributed by atoms with Crippen LogP contribution in [0.5, 0.6) is 23.0 Å². The van der Waals surface area contributed by atoms with Gasteiger partial charge in [0.2, 0.25) is 11.8 Å². The van der Waals surface area contributed by atoms with Crippen molar-refractivity contribution < 1.29 is 28.5 Å². The standard InChI is InChI=1S/C30H35ClN2O6/c1-20(30(35)32-15-14-21-8-12-25(36-2)27(16-21)38-4)33(19-22-6-10-24(31)11-7-22)29(34)18-23-9-13-26(37-3)28(17-23)39-5/h6-13,16-17,20H,14-15,18-19H2,1-5H3,(H,32,35). The summed E-state index contributed by atoms with van der Waals surface area (Å²) in [5.74, 6) is 1.95. The molecule has 3 aromatic carbocycles. The zero-order valence-corrected chi connectivity index (χ0v) is 23.7. The van der Waals surface area contributed by atoms with Gasteiger partial charge in [-0.1, -0.05) is 35.9 Å². The topological polar surface area (TPSA) is 86.3 Å². The molecule has 0 aliphatic carbocycles. The Morgan fingerprint density at radius 2 is 1.28 bits per heavy atom. The lowest BCUT2D eigenvalue weighted by Gasteiger charge is -2.29. The number of benzene rings is 3. The molecule has 1 unspecified atom stereocenters. The van der Waals surface area contributed by atoms with E-state index in [2.05, 4.69) is 5.32 Å². The summed E-state index contributed by atoms with van der Waals surface area (Å²) in [7, 11) is 6.27. The average molecular weight is 555 g/mol. The number of carbonyl (C=O) groups excluding carboxylic acids is 2. The highest BCUT2D eigenvalue weighted by atomic mass is 35.5. The lowest BCUT2D eigenvalue weighted by molar-refractivity contribution is -0.140. The molecular formula is C30H35ClN2O6. The van der Waals surface area contributed by atoms with Crippen LogP contribution in [-0.4, -0.2) is 57.7 Å². The molecule has 0 saturated heterocycles. The van der Waals surface area contributed by atoms with Crippen molar-refractivity contribution in [3.8, 4) is 23.0 Å². The maximum Gasteiger partial charge on any atom is 0.242 e. The van der Waals surface area contributed by atoms with Gasteiger partial charge >= 0.3 is 0 Å². The fourth-order valence-corrected chi connectivity index (χ4v) is 4.28. The van der Waals surface area contributed by atoms with Crippen LogP contribution in [0.25, 0.3) is 0 Å². The van der Waals surface area contributed by atoms with Gasteiger partial charge in [-0.05, 0) is 66.4 Å². The van der Waals surface area contributed by atoms with E-state index in [4.69, 9.17) is 30.5 Å². The minimum atomic E-state index is -0.710. The van der Waals surface area contributed by atoms with Gasteiger partial charge in [0.1, 0.15) is 6.04 Å². The lowest BCUT2D eigenvalue weighted by Crippen LogP contribution is -2.48. The highest BCUT2D eigenvalue weighted by Gasteiger charge is 2.26. The zero-order valence-electron chi connectivity index (χ0n) is 23.0. The average Bonchev–Trinajstić information content (AvgIpc) is 2.96. The number of halogens is 1. The van der Waals surface area contributed by atoms with Crippen LogP contribution >= 0.6 is 11.6 Å². The van der Waals surface area contributed by atoms with Crippen molar-refractivity contribution in [3.05, 3.63) is 82.4 Å². The molecule has 1 N–H and O–H groups in total.